The van der Waals surface area contributed by atoms with E-state index in [1.165, 1.54) is 17.4 Å². The van der Waals surface area contributed by atoms with Gasteiger partial charge >= 0.3 is 6.18 Å². The van der Waals surface area contributed by atoms with E-state index in [4.69, 9.17) is 1.37 Å². The smallest absolute Gasteiger partial charge is 0.256 e. The van der Waals surface area contributed by atoms with Crippen LogP contribution in [-0.2, 0) is 6.18 Å². The quantitative estimate of drug-likeness (QED) is 0.269. The molecule has 0 saturated carbocycles. The van der Waals surface area contributed by atoms with E-state index in [9.17, 15) is 13.2 Å². The van der Waals surface area contributed by atoms with Gasteiger partial charge in [0.25, 0.3) is 0 Å². The molecule has 2 heterocycles. The second-order valence-corrected chi connectivity index (χ2v) is 8.91. The molecule has 0 radical (unpaired) electrons. The molecule has 0 bridgehead atoms. The average Bonchev–Trinajstić information content (AvgIpc) is 3.17. The van der Waals surface area contributed by atoms with Gasteiger partial charge < -0.3 is 0 Å². The van der Waals surface area contributed by atoms with E-state index in [0.717, 1.165) is 43.8 Å². The number of hydrogen-bond acceptors (Lipinski definition) is 2. The van der Waals surface area contributed by atoms with Crippen LogP contribution in [0.4, 0.5) is 13.2 Å². The van der Waals surface area contributed by atoms with E-state index >= 15 is 0 Å². The van der Waals surface area contributed by atoms with Gasteiger partial charge in [-0.3, -0.25) is 4.98 Å². The number of thiophene rings is 1. The van der Waals surface area contributed by atoms with Crippen molar-refractivity contribution in [2.24, 2.45) is 0 Å². The van der Waals surface area contributed by atoms with Gasteiger partial charge in [0.1, 0.15) is 0 Å². The highest BCUT2D eigenvalue weighted by molar-refractivity contribution is 7.26. The number of fused-ring (bicyclic) bond motifs is 3. The zero-order valence-electron chi connectivity index (χ0n) is 18.5. The Morgan fingerprint density at radius 1 is 0.938 bits per heavy atom. The number of nitrogens with zero attached hydrogens (tertiary/aromatic N) is 1. The summed E-state index contributed by atoms with van der Waals surface area (Å²) in [5.74, 6) is -0.974. The fourth-order valence-electron chi connectivity index (χ4n) is 4.14. The largest absolute Gasteiger partial charge is 0.416 e. The highest BCUT2D eigenvalue weighted by atomic mass is 32.1. The van der Waals surface area contributed by atoms with Crippen LogP contribution in [-0.4, -0.2) is 4.98 Å². The molecule has 0 aliphatic rings. The Morgan fingerprint density at radius 2 is 1.75 bits per heavy atom. The molecule has 0 saturated heterocycles. The van der Waals surface area contributed by atoms with E-state index in [2.05, 4.69) is 4.98 Å². The van der Waals surface area contributed by atoms with Crippen molar-refractivity contribution in [3.63, 3.8) is 0 Å². The molecule has 32 heavy (non-hydrogen) atoms. The molecule has 1 nitrogen and oxygen atoms in total. The van der Waals surface area contributed by atoms with Crippen LogP contribution in [0.1, 0.15) is 36.4 Å². The highest BCUT2D eigenvalue weighted by Gasteiger charge is 2.30. The minimum atomic E-state index is -4.38. The van der Waals surface area contributed by atoms with Crippen molar-refractivity contribution in [3.8, 4) is 11.3 Å². The maximum Gasteiger partial charge on any atom is 0.416 e. The van der Waals surface area contributed by atoms with E-state index in [0.29, 0.717) is 10.4 Å². The van der Waals surface area contributed by atoms with Gasteiger partial charge in [0, 0.05) is 39.2 Å². The first kappa shape index (κ1) is 19.5. The van der Waals surface area contributed by atoms with Gasteiger partial charge in [-0.2, -0.15) is 13.2 Å². The number of rotatable bonds is 3. The molecule has 0 amide bonds. The van der Waals surface area contributed by atoms with Crippen molar-refractivity contribution in [1.82, 2.24) is 4.98 Å². The monoisotopic (exact) mass is 448 g/mol. The Bertz CT molecular complexity index is 1500. The summed E-state index contributed by atoms with van der Waals surface area (Å²) in [7, 11) is 0. The Balaban J connectivity index is 1.66. The summed E-state index contributed by atoms with van der Waals surface area (Å²) in [4.78, 5) is 4.56. The molecule has 0 aliphatic heterocycles. The summed E-state index contributed by atoms with van der Waals surface area (Å²) >= 11 is 1.34. The lowest BCUT2D eigenvalue weighted by Gasteiger charge is -2.16. The van der Waals surface area contributed by atoms with Crippen molar-refractivity contribution in [3.05, 3.63) is 101 Å². The molecule has 0 N–H and O–H groups in total. The number of hydrogen-bond donors (Lipinski definition) is 0. The maximum absolute atomic E-state index is 13.2. The third-order valence-electron chi connectivity index (χ3n) is 5.84. The minimum absolute atomic E-state index is 0.591. The van der Waals surface area contributed by atoms with Crippen LogP contribution in [0.25, 0.3) is 31.4 Å². The number of benzene rings is 3. The molecule has 5 aromatic rings. The van der Waals surface area contributed by atoms with Crippen molar-refractivity contribution < 1.29 is 14.5 Å². The molecule has 0 spiro atoms. The van der Waals surface area contributed by atoms with Gasteiger partial charge in [0.2, 0.25) is 0 Å². The SMILES string of the molecule is [2H]C(C)(c1ccnc(-c2cccc3c2sc2cc(C(F)(F)F)ccc23)c1)c1ccccc1C. The molecule has 1 atom stereocenters. The molecule has 2 aromatic heterocycles. The lowest BCUT2D eigenvalue weighted by atomic mass is 9.90. The Labute approximate surface area is 189 Å². The predicted octanol–water partition coefficient (Wildman–Crippen LogP) is 8.60. The molecule has 5 rings (SSSR count). The minimum Gasteiger partial charge on any atom is -0.256 e. The van der Waals surface area contributed by atoms with Crippen molar-refractivity contribution >= 4 is 31.5 Å². The van der Waals surface area contributed by atoms with Crippen molar-refractivity contribution in [2.45, 2.75) is 25.9 Å². The molecule has 3 aromatic carbocycles. The lowest BCUT2D eigenvalue weighted by molar-refractivity contribution is -0.137. The number of aryl methyl sites for hydroxylation is 1. The summed E-state index contributed by atoms with van der Waals surface area (Å²) in [6.45, 7) is 3.87. The summed E-state index contributed by atoms with van der Waals surface area (Å²) < 4.78 is 50.2. The van der Waals surface area contributed by atoms with Crippen LogP contribution >= 0.6 is 11.3 Å². The van der Waals surface area contributed by atoms with Crippen LogP contribution in [0.3, 0.4) is 0 Å². The average molecular weight is 449 g/mol. The molecule has 160 valence electrons. The number of aromatic nitrogens is 1. The first-order valence-corrected chi connectivity index (χ1v) is 11.0. The molecule has 0 aliphatic carbocycles. The third-order valence-corrected chi connectivity index (χ3v) is 7.05. The highest BCUT2D eigenvalue weighted by Crippen LogP contribution is 2.42. The van der Waals surface area contributed by atoms with Crippen LogP contribution in [0, 0.1) is 6.92 Å². The van der Waals surface area contributed by atoms with Gasteiger partial charge in [-0.1, -0.05) is 55.5 Å². The zero-order chi connectivity index (χ0) is 23.4. The Kier molecular flexibility index (Phi) is 4.72. The van der Waals surface area contributed by atoms with Crippen LogP contribution in [0.15, 0.2) is 79.0 Å². The first-order chi connectivity index (χ1) is 15.7. The standard InChI is InChI=1S/C27H20F3NS/c1-16-6-3-4-7-20(16)17(2)18-12-13-31-24(14-18)23-9-5-8-22-21-11-10-19(27(28,29)30)15-25(21)32-26(22)23/h3-15,17H,1-2H3/i17D. The number of halogens is 3. The second kappa shape index (κ2) is 7.75. The van der Waals surface area contributed by atoms with Crippen molar-refractivity contribution in [1.29, 1.82) is 0 Å². The molecule has 1 unspecified atom stereocenters. The van der Waals surface area contributed by atoms with Gasteiger partial charge in [-0.25, -0.2) is 0 Å². The summed E-state index contributed by atoms with van der Waals surface area (Å²) in [5.41, 5.74) is 3.67. The third kappa shape index (κ3) is 3.56. The molecule has 0 fully saturated rings. The van der Waals surface area contributed by atoms with Gasteiger partial charge in [0.05, 0.1) is 11.3 Å². The molecule has 5 heteroatoms. The van der Waals surface area contributed by atoms with Crippen LogP contribution in [0.2, 0.25) is 0 Å². The van der Waals surface area contributed by atoms with Gasteiger partial charge in [-0.15, -0.1) is 11.3 Å². The molecular formula is C27H20F3NS. The fourth-order valence-corrected chi connectivity index (χ4v) is 5.40. The Morgan fingerprint density at radius 3 is 2.53 bits per heavy atom. The lowest BCUT2D eigenvalue weighted by Crippen LogP contribution is -2.03. The van der Waals surface area contributed by atoms with Crippen LogP contribution < -0.4 is 0 Å². The fraction of sp³-hybridized carbons (Fsp3) is 0.148. The number of pyridine rings is 1. The van der Waals surface area contributed by atoms with E-state index < -0.39 is 17.6 Å². The maximum atomic E-state index is 13.2. The van der Waals surface area contributed by atoms with Gasteiger partial charge in [-0.05, 0) is 47.9 Å². The number of alkyl halides is 3. The van der Waals surface area contributed by atoms with E-state index in [-0.39, 0.29) is 0 Å². The second-order valence-electron chi connectivity index (χ2n) is 7.86. The topological polar surface area (TPSA) is 12.9 Å². The first-order valence-electron chi connectivity index (χ1n) is 10.7. The predicted molar refractivity (Wildman–Crippen MR) is 126 cm³/mol. The van der Waals surface area contributed by atoms with Gasteiger partial charge in [0.15, 0.2) is 0 Å². The Hall–Kier alpha value is -3.18. The van der Waals surface area contributed by atoms with E-state index in [1.54, 1.807) is 12.3 Å². The van der Waals surface area contributed by atoms with Crippen LogP contribution in [0.5, 0.6) is 0 Å². The molecular weight excluding hydrogens is 427 g/mol. The normalized spacial score (nSPS) is 14.5. The summed E-state index contributed by atoms with van der Waals surface area (Å²) in [6, 6.07) is 21.3. The summed E-state index contributed by atoms with van der Waals surface area (Å²) in [6.07, 6.45) is -2.68. The van der Waals surface area contributed by atoms with E-state index in [1.807, 2.05) is 68.4 Å². The van der Waals surface area contributed by atoms with Crippen molar-refractivity contribution in [2.75, 3.05) is 0 Å². The zero-order valence-corrected chi connectivity index (χ0v) is 18.3. The summed E-state index contributed by atoms with van der Waals surface area (Å²) in [5, 5.41) is 1.70.